The first-order valence-electron chi connectivity index (χ1n) is 13.3. The van der Waals surface area contributed by atoms with E-state index in [0.29, 0.717) is 26.0 Å². The number of ether oxygens (including phenoxy) is 1. The van der Waals surface area contributed by atoms with E-state index in [9.17, 15) is 4.79 Å². The highest BCUT2D eigenvalue weighted by molar-refractivity contribution is 6.31. The molecule has 0 spiro atoms. The van der Waals surface area contributed by atoms with Crippen LogP contribution in [0, 0.1) is 6.92 Å². The Morgan fingerprint density at radius 3 is 2.46 bits per heavy atom. The van der Waals surface area contributed by atoms with Crippen LogP contribution in [0.25, 0.3) is 22.2 Å². The molecule has 1 N–H and O–H groups in total. The number of aryl methyl sites for hydroxylation is 2. The van der Waals surface area contributed by atoms with Crippen molar-refractivity contribution in [2.24, 2.45) is 0 Å². The predicted molar refractivity (Wildman–Crippen MR) is 158 cm³/mol. The van der Waals surface area contributed by atoms with Gasteiger partial charge >= 0.3 is 0 Å². The average Bonchev–Trinajstić information content (AvgIpc) is 3.31. The Labute approximate surface area is 234 Å². The number of rotatable bonds is 11. The van der Waals surface area contributed by atoms with Crippen LogP contribution in [-0.2, 0) is 24.2 Å². The van der Waals surface area contributed by atoms with E-state index in [4.69, 9.17) is 21.3 Å². The third kappa shape index (κ3) is 6.87. The van der Waals surface area contributed by atoms with Gasteiger partial charge in [0, 0.05) is 24.5 Å². The molecular weight excluding hydrogens is 506 g/mol. The Balaban J connectivity index is 1.14. The van der Waals surface area contributed by atoms with E-state index in [-0.39, 0.29) is 5.91 Å². The van der Waals surface area contributed by atoms with Crippen LogP contribution < -0.4 is 10.1 Å². The van der Waals surface area contributed by atoms with Gasteiger partial charge in [0.25, 0.3) is 0 Å². The number of nitrogens with zero attached hydrogens (tertiary/aromatic N) is 2. The Kier molecular flexibility index (Phi) is 8.59. The Bertz CT molecular complexity index is 1550. The maximum absolute atomic E-state index is 12.6. The fourth-order valence-electron chi connectivity index (χ4n) is 4.69. The van der Waals surface area contributed by atoms with Gasteiger partial charge in [0.1, 0.15) is 11.6 Å². The molecule has 0 aliphatic rings. The quantitative estimate of drug-likeness (QED) is 0.184. The van der Waals surface area contributed by atoms with Crippen LogP contribution in [0.2, 0.25) is 5.02 Å². The number of carbonyl (C=O) groups is 1. The van der Waals surface area contributed by atoms with Crippen LogP contribution in [-0.4, -0.2) is 28.6 Å². The number of hydrogen-bond donors (Lipinski definition) is 1. The number of carbonyl (C=O) groups excluding carboxylic acids is 1. The number of amides is 1. The highest BCUT2D eigenvalue weighted by atomic mass is 35.5. The minimum absolute atomic E-state index is 0.0109. The van der Waals surface area contributed by atoms with Crippen molar-refractivity contribution in [3.05, 3.63) is 119 Å². The Morgan fingerprint density at radius 1 is 0.923 bits per heavy atom. The summed E-state index contributed by atoms with van der Waals surface area (Å²) in [5.41, 5.74) is 6.38. The van der Waals surface area contributed by atoms with Gasteiger partial charge in [-0.15, -0.1) is 0 Å². The molecule has 0 radical (unpaired) electrons. The highest BCUT2D eigenvalue weighted by Gasteiger charge is 2.11. The Morgan fingerprint density at radius 2 is 1.67 bits per heavy atom. The van der Waals surface area contributed by atoms with Crippen LogP contribution in [0.15, 0.2) is 97.1 Å². The molecule has 1 aromatic heterocycles. The molecule has 0 aliphatic heterocycles. The zero-order chi connectivity index (χ0) is 27.0. The summed E-state index contributed by atoms with van der Waals surface area (Å²) in [4.78, 5) is 17.5. The zero-order valence-corrected chi connectivity index (χ0v) is 22.8. The van der Waals surface area contributed by atoms with Crippen LogP contribution >= 0.6 is 11.6 Å². The molecule has 6 heteroatoms. The number of benzene rings is 4. The van der Waals surface area contributed by atoms with Crippen molar-refractivity contribution in [3.63, 3.8) is 0 Å². The molecule has 4 aromatic carbocycles. The summed E-state index contributed by atoms with van der Waals surface area (Å²) in [7, 11) is 0. The van der Waals surface area contributed by atoms with Crippen molar-refractivity contribution in [1.82, 2.24) is 14.9 Å². The monoisotopic (exact) mass is 537 g/mol. The minimum atomic E-state index is 0.0109. The summed E-state index contributed by atoms with van der Waals surface area (Å²) in [6, 6.07) is 32.3. The predicted octanol–water partition coefficient (Wildman–Crippen LogP) is 7.04. The van der Waals surface area contributed by atoms with Crippen molar-refractivity contribution in [2.45, 2.75) is 32.7 Å². The van der Waals surface area contributed by atoms with Crippen LogP contribution in [0.5, 0.6) is 5.75 Å². The van der Waals surface area contributed by atoms with Crippen molar-refractivity contribution >= 4 is 28.5 Å². The summed E-state index contributed by atoms with van der Waals surface area (Å²) >= 11 is 6.12. The van der Waals surface area contributed by atoms with Crippen molar-refractivity contribution < 1.29 is 9.53 Å². The lowest BCUT2D eigenvalue weighted by Gasteiger charge is -2.12. The summed E-state index contributed by atoms with van der Waals surface area (Å²) in [6.07, 6.45) is 1.85. The molecule has 5 aromatic rings. The number of imidazole rings is 1. The van der Waals surface area contributed by atoms with E-state index in [0.717, 1.165) is 57.3 Å². The lowest BCUT2D eigenvalue weighted by molar-refractivity contribution is -0.120. The van der Waals surface area contributed by atoms with E-state index >= 15 is 0 Å². The molecular formula is C33H32ClN3O2. The zero-order valence-electron chi connectivity index (χ0n) is 22.1. The van der Waals surface area contributed by atoms with Gasteiger partial charge in [-0.2, -0.15) is 0 Å². The van der Waals surface area contributed by atoms with Gasteiger partial charge in [-0.05, 0) is 65.9 Å². The number of fused-ring (bicyclic) bond motifs is 1. The molecule has 0 aliphatic carbocycles. The summed E-state index contributed by atoms with van der Waals surface area (Å²) in [5.74, 6) is 1.80. The normalized spacial score (nSPS) is 11.0. The maximum atomic E-state index is 12.6. The lowest BCUT2D eigenvalue weighted by atomic mass is 10.0. The number of hydrogen-bond acceptors (Lipinski definition) is 3. The van der Waals surface area contributed by atoms with Crippen LogP contribution in [0.3, 0.4) is 0 Å². The first kappa shape index (κ1) is 26.5. The number of halogens is 1. The van der Waals surface area contributed by atoms with Crippen molar-refractivity contribution in [1.29, 1.82) is 0 Å². The van der Waals surface area contributed by atoms with Gasteiger partial charge in [0.2, 0.25) is 5.91 Å². The van der Waals surface area contributed by atoms with Gasteiger partial charge in [-0.1, -0.05) is 78.3 Å². The van der Waals surface area contributed by atoms with E-state index in [1.54, 1.807) is 0 Å². The first-order chi connectivity index (χ1) is 19.1. The van der Waals surface area contributed by atoms with Gasteiger partial charge in [-0.3, -0.25) is 4.79 Å². The summed E-state index contributed by atoms with van der Waals surface area (Å²) < 4.78 is 8.18. The topological polar surface area (TPSA) is 56.1 Å². The molecule has 0 unspecified atom stereocenters. The first-order valence-corrected chi connectivity index (χ1v) is 13.7. The molecule has 5 nitrogen and oxygen atoms in total. The second kappa shape index (κ2) is 12.6. The van der Waals surface area contributed by atoms with Gasteiger partial charge in [0.15, 0.2) is 0 Å². The number of para-hydroxylation sites is 2. The molecule has 0 atom stereocenters. The largest absolute Gasteiger partial charge is 0.494 e. The molecule has 1 amide bonds. The SMILES string of the molecule is Cc1cc(OCCCn2c(CCNC(=O)Cc3ccc(-c4ccccc4)cc3)nc3ccccc32)ccc1Cl. The third-order valence-electron chi connectivity index (χ3n) is 6.75. The van der Waals surface area contributed by atoms with E-state index in [1.165, 1.54) is 5.56 Å². The van der Waals surface area contributed by atoms with Crippen molar-refractivity contribution in [2.75, 3.05) is 13.2 Å². The summed E-state index contributed by atoms with van der Waals surface area (Å²) in [5, 5.41) is 3.81. The van der Waals surface area contributed by atoms with E-state index in [1.807, 2.05) is 73.7 Å². The fraction of sp³-hybridized carbons (Fsp3) is 0.212. The maximum Gasteiger partial charge on any atom is 0.224 e. The summed E-state index contributed by atoms with van der Waals surface area (Å²) in [6.45, 7) is 3.88. The smallest absolute Gasteiger partial charge is 0.224 e. The minimum Gasteiger partial charge on any atom is -0.494 e. The lowest BCUT2D eigenvalue weighted by Crippen LogP contribution is -2.28. The third-order valence-corrected chi connectivity index (χ3v) is 7.18. The number of aromatic nitrogens is 2. The van der Waals surface area contributed by atoms with E-state index in [2.05, 4.69) is 40.2 Å². The van der Waals surface area contributed by atoms with Gasteiger partial charge in [0.05, 0.1) is 24.1 Å². The molecule has 0 fully saturated rings. The molecule has 0 saturated heterocycles. The van der Waals surface area contributed by atoms with E-state index < -0.39 is 0 Å². The molecule has 0 saturated carbocycles. The van der Waals surface area contributed by atoms with Gasteiger partial charge < -0.3 is 14.6 Å². The second-order valence-electron chi connectivity index (χ2n) is 9.62. The average molecular weight is 538 g/mol. The van der Waals surface area contributed by atoms with Gasteiger partial charge in [-0.25, -0.2) is 4.98 Å². The molecule has 39 heavy (non-hydrogen) atoms. The fourth-order valence-corrected chi connectivity index (χ4v) is 4.81. The Hall–Kier alpha value is -4.09. The van der Waals surface area contributed by atoms with Crippen LogP contribution in [0.4, 0.5) is 0 Å². The molecule has 5 rings (SSSR count). The molecule has 1 heterocycles. The standard InChI is InChI=1S/C33H32ClN3O2/c1-24-22-28(16-17-29(24)34)39-21-7-20-37-31-11-6-5-10-30(31)36-32(37)18-19-35-33(38)23-25-12-14-27(15-13-25)26-8-3-2-4-9-26/h2-6,8-17,22H,7,18-21,23H2,1H3,(H,35,38). The van der Waals surface area contributed by atoms with Crippen LogP contribution in [0.1, 0.15) is 23.4 Å². The van der Waals surface area contributed by atoms with Crippen molar-refractivity contribution in [3.8, 4) is 16.9 Å². The molecule has 198 valence electrons. The highest BCUT2D eigenvalue weighted by Crippen LogP contribution is 2.22. The second-order valence-corrected chi connectivity index (χ2v) is 10.0. The number of nitrogens with one attached hydrogen (secondary N) is 1. The molecule has 0 bridgehead atoms.